The topological polar surface area (TPSA) is 49.0 Å². The molecule has 0 spiro atoms. The summed E-state index contributed by atoms with van der Waals surface area (Å²) in [5.74, 6) is 1.19. The van der Waals surface area contributed by atoms with Crippen LogP contribution in [0.1, 0.15) is 5.56 Å². The Kier molecular flexibility index (Phi) is 5.91. The van der Waals surface area contributed by atoms with Crippen molar-refractivity contribution in [1.82, 2.24) is 5.32 Å². The normalized spacial score (nSPS) is 18.9. The molecule has 0 radical (unpaired) electrons. The molecule has 1 N–H and O–H groups in total. The highest BCUT2D eigenvalue weighted by molar-refractivity contribution is 6.32. The van der Waals surface area contributed by atoms with E-state index in [1.54, 1.807) is 14.2 Å². The number of ether oxygens (including phenoxy) is 4. The van der Waals surface area contributed by atoms with Gasteiger partial charge < -0.3 is 24.3 Å². The fourth-order valence-electron chi connectivity index (χ4n) is 2.11. The van der Waals surface area contributed by atoms with Gasteiger partial charge in [-0.05, 0) is 17.7 Å². The predicted molar refractivity (Wildman–Crippen MR) is 76.8 cm³/mol. The molecule has 0 saturated carbocycles. The van der Waals surface area contributed by atoms with Crippen molar-refractivity contribution in [3.8, 4) is 11.5 Å². The standard InChI is InChI=1S/C14H20ClNO4/c1-17-13-6-10(5-12(15)14(13)18-2)7-16-8-11-9-19-3-4-20-11/h5-6,11,16H,3-4,7-9H2,1-2H3. The molecule has 6 heteroatoms. The molecule has 0 aliphatic carbocycles. The first-order chi connectivity index (χ1) is 9.74. The van der Waals surface area contributed by atoms with E-state index in [9.17, 15) is 0 Å². The molecule has 1 atom stereocenters. The number of nitrogens with one attached hydrogen (secondary N) is 1. The van der Waals surface area contributed by atoms with Gasteiger partial charge in [0.1, 0.15) is 0 Å². The van der Waals surface area contributed by atoms with Crippen LogP contribution in [0, 0.1) is 0 Å². The molecule has 1 fully saturated rings. The van der Waals surface area contributed by atoms with E-state index in [4.69, 9.17) is 30.5 Å². The maximum absolute atomic E-state index is 6.16. The Bertz CT molecular complexity index is 435. The zero-order valence-corrected chi connectivity index (χ0v) is 12.5. The van der Waals surface area contributed by atoms with Crippen LogP contribution in [0.3, 0.4) is 0 Å². The predicted octanol–water partition coefficient (Wildman–Crippen LogP) is 1.86. The molecule has 0 bridgehead atoms. The molecule has 5 nitrogen and oxygen atoms in total. The molecule has 1 aromatic rings. The highest BCUT2D eigenvalue weighted by Gasteiger charge is 2.14. The SMILES string of the molecule is COc1cc(CNCC2COCCO2)cc(Cl)c1OC. The van der Waals surface area contributed by atoms with Crippen LogP contribution >= 0.6 is 11.6 Å². The fraction of sp³-hybridized carbons (Fsp3) is 0.571. The lowest BCUT2D eigenvalue weighted by Gasteiger charge is -2.23. The van der Waals surface area contributed by atoms with Crippen molar-refractivity contribution in [2.24, 2.45) is 0 Å². The molecule has 0 amide bonds. The molecule has 0 aromatic heterocycles. The van der Waals surface area contributed by atoms with E-state index in [0.717, 1.165) is 12.1 Å². The van der Waals surface area contributed by atoms with Gasteiger partial charge in [-0.3, -0.25) is 0 Å². The zero-order chi connectivity index (χ0) is 14.4. The van der Waals surface area contributed by atoms with Crippen LogP contribution < -0.4 is 14.8 Å². The van der Waals surface area contributed by atoms with Crippen molar-refractivity contribution >= 4 is 11.6 Å². The van der Waals surface area contributed by atoms with Crippen LogP contribution in [-0.4, -0.2) is 46.7 Å². The smallest absolute Gasteiger partial charge is 0.179 e. The largest absolute Gasteiger partial charge is 0.493 e. The van der Waals surface area contributed by atoms with Crippen molar-refractivity contribution in [3.63, 3.8) is 0 Å². The van der Waals surface area contributed by atoms with Gasteiger partial charge in [0, 0.05) is 13.1 Å². The second kappa shape index (κ2) is 7.69. The van der Waals surface area contributed by atoms with Crippen molar-refractivity contribution in [1.29, 1.82) is 0 Å². The Hall–Kier alpha value is -1.01. The number of hydrogen-bond donors (Lipinski definition) is 1. The zero-order valence-electron chi connectivity index (χ0n) is 11.8. The van der Waals surface area contributed by atoms with E-state index in [2.05, 4.69) is 5.32 Å². The first kappa shape index (κ1) is 15.4. The van der Waals surface area contributed by atoms with Crippen molar-refractivity contribution in [2.45, 2.75) is 12.6 Å². The van der Waals surface area contributed by atoms with Crippen LogP contribution in [0.25, 0.3) is 0 Å². The van der Waals surface area contributed by atoms with Crippen molar-refractivity contribution < 1.29 is 18.9 Å². The Balaban J connectivity index is 1.90. The van der Waals surface area contributed by atoms with Gasteiger partial charge in [-0.25, -0.2) is 0 Å². The van der Waals surface area contributed by atoms with Crippen molar-refractivity contribution in [2.75, 3.05) is 40.6 Å². The lowest BCUT2D eigenvalue weighted by Crippen LogP contribution is -2.37. The van der Waals surface area contributed by atoms with Gasteiger partial charge in [0.25, 0.3) is 0 Å². The highest BCUT2D eigenvalue weighted by atomic mass is 35.5. The summed E-state index contributed by atoms with van der Waals surface area (Å²) >= 11 is 6.16. The minimum absolute atomic E-state index is 0.111. The van der Waals surface area contributed by atoms with Crippen molar-refractivity contribution in [3.05, 3.63) is 22.7 Å². The molecule has 1 heterocycles. The second-order valence-electron chi connectivity index (χ2n) is 4.51. The molecule has 112 valence electrons. The maximum Gasteiger partial charge on any atom is 0.179 e. The highest BCUT2D eigenvalue weighted by Crippen LogP contribution is 2.35. The number of rotatable bonds is 6. The summed E-state index contributed by atoms with van der Waals surface area (Å²) in [6, 6.07) is 3.78. The molecule has 20 heavy (non-hydrogen) atoms. The summed E-state index contributed by atoms with van der Waals surface area (Å²) < 4.78 is 21.4. The molecular formula is C14H20ClNO4. The van der Waals surface area contributed by atoms with Gasteiger partial charge in [0.15, 0.2) is 11.5 Å². The average molecular weight is 302 g/mol. The number of hydrogen-bond acceptors (Lipinski definition) is 5. The van der Waals surface area contributed by atoms with Crippen LogP contribution in [-0.2, 0) is 16.0 Å². The van der Waals surface area contributed by atoms with Crippen LogP contribution in [0.5, 0.6) is 11.5 Å². The first-order valence-corrected chi connectivity index (χ1v) is 6.93. The first-order valence-electron chi connectivity index (χ1n) is 6.55. The third-order valence-electron chi connectivity index (χ3n) is 3.08. The monoisotopic (exact) mass is 301 g/mol. The Labute approximate surface area is 124 Å². The molecule has 1 aromatic carbocycles. The van der Waals surface area contributed by atoms with E-state index in [1.165, 1.54) is 0 Å². The third-order valence-corrected chi connectivity index (χ3v) is 3.36. The van der Waals surface area contributed by atoms with E-state index in [-0.39, 0.29) is 6.10 Å². The number of benzene rings is 1. The Morgan fingerprint density at radius 1 is 1.30 bits per heavy atom. The van der Waals surface area contributed by atoms with E-state index < -0.39 is 0 Å². The fourth-order valence-corrected chi connectivity index (χ4v) is 2.42. The number of halogens is 1. The Morgan fingerprint density at radius 2 is 2.15 bits per heavy atom. The van der Waals surface area contributed by atoms with Gasteiger partial charge >= 0.3 is 0 Å². The summed E-state index contributed by atoms with van der Waals surface area (Å²) in [5, 5.41) is 3.87. The van der Waals surface area contributed by atoms with Gasteiger partial charge in [-0.2, -0.15) is 0 Å². The molecular weight excluding hydrogens is 282 g/mol. The van der Waals surface area contributed by atoms with Gasteiger partial charge in [-0.1, -0.05) is 11.6 Å². The third kappa shape index (κ3) is 3.99. The average Bonchev–Trinajstić information content (AvgIpc) is 2.47. The summed E-state index contributed by atoms with van der Waals surface area (Å²) in [5.41, 5.74) is 1.03. The minimum Gasteiger partial charge on any atom is -0.493 e. The maximum atomic E-state index is 6.16. The van der Waals surface area contributed by atoms with Gasteiger partial charge in [-0.15, -0.1) is 0 Å². The second-order valence-corrected chi connectivity index (χ2v) is 4.92. The molecule has 1 aliphatic rings. The van der Waals surface area contributed by atoms with Crippen LogP contribution in [0.4, 0.5) is 0 Å². The minimum atomic E-state index is 0.111. The molecule has 1 aliphatic heterocycles. The van der Waals surface area contributed by atoms with E-state index >= 15 is 0 Å². The van der Waals surface area contributed by atoms with Gasteiger partial charge in [0.05, 0.1) is 45.2 Å². The van der Waals surface area contributed by atoms with Crippen LogP contribution in [0.15, 0.2) is 12.1 Å². The summed E-state index contributed by atoms with van der Waals surface area (Å²) in [6.07, 6.45) is 0.111. The lowest BCUT2D eigenvalue weighted by atomic mass is 10.2. The molecule has 2 rings (SSSR count). The molecule has 1 saturated heterocycles. The van der Waals surface area contributed by atoms with Crippen LogP contribution in [0.2, 0.25) is 5.02 Å². The summed E-state index contributed by atoms with van der Waals surface area (Å²) in [7, 11) is 3.17. The summed E-state index contributed by atoms with van der Waals surface area (Å²) in [6.45, 7) is 3.40. The number of methoxy groups -OCH3 is 2. The summed E-state index contributed by atoms with van der Waals surface area (Å²) in [4.78, 5) is 0. The quantitative estimate of drug-likeness (QED) is 0.869. The Morgan fingerprint density at radius 3 is 2.80 bits per heavy atom. The van der Waals surface area contributed by atoms with E-state index in [1.807, 2.05) is 12.1 Å². The van der Waals surface area contributed by atoms with Gasteiger partial charge in [0.2, 0.25) is 0 Å². The van der Waals surface area contributed by atoms with E-state index in [0.29, 0.717) is 42.9 Å². The molecule has 1 unspecified atom stereocenters. The lowest BCUT2D eigenvalue weighted by molar-refractivity contribution is -0.0864.